The number of ether oxygens (including phenoxy) is 1. The number of hydrogen-bond donors (Lipinski definition) is 3. The van der Waals surface area contributed by atoms with Crippen LogP contribution in [0.2, 0.25) is 0 Å². The van der Waals surface area contributed by atoms with Gasteiger partial charge in [0.2, 0.25) is 6.17 Å². The lowest BCUT2D eigenvalue weighted by Gasteiger charge is -2.16. The zero-order valence-electron chi connectivity index (χ0n) is 15.2. The number of halogens is 1. The second-order valence-corrected chi connectivity index (χ2v) is 7.88. The van der Waals surface area contributed by atoms with E-state index in [1.807, 2.05) is 0 Å². The molecule has 1 saturated heterocycles. The van der Waals surface area contributed by atoms with Crippen molar-refractivity contribution in [1.29, 1.82) is 0 Å². The van der Waals surface area contributed by atoms with Crippen molar-refractivity contribution < 1.29 is 42.1 Å². The van der Waals surface area contributed by atoms with E-state index in [4.69, 9.17) is 19.5 Å². The predicted molar refractivity (Wildman–Crippen MR) is 97.0 cm³/mol. The zero-order valence-corrected chi connectivity index (χ0v) is 16.1. The summed E-state index contributed by atoms with van der Waals surface area (Å²) in [6.07, 6.45) is -3.23. The van der Waals surface area contributed by atoms with Crippen molar-refractivity contribution in [2.75, 3.05) is 6.61 Å². The van der Waals surface area contributed by atoms with Gasteiger partial charge in [-0.1, -0.05) is 30.3 Å². The van der Waals surface area contributed by atoms with Gasteiger partial charge in [0.25, 0.3) is 12.1 Å². The molecule has 0 spiro atoms. The van der Waals surface area contributed by atoms with E-state index in [9.17, 15) is 23.7 Å². The number of nitrogens with two attached hydrogens (primary N) is 1. The van der Waals surface area contributed by atoms with Crippen molar-refractivity contribution in [3.63, 3.8) is 0 Å². The van der Waals surface area contributed by atoms with Crippen LogP contribution >= 0.6 is 7.82 Å². The molecule has 1 unspecified atom stereocenters. The molecule has 29 heavy (non-hydrogen) atoms. The quantitative estimate of drug-likeness (QED) is 0.423. The third kappa shape index (κ3) is 5.45. The SMILES string of the molecule is NC(=O)c1ccc[n+]([C@@H]2O[C@H](COP(=O)(O)OCc3ccccc3)[C@@H](O)[C@@H]2F)c1. The number of carbonyl (C=O) groups is 1. The number of aliphatic hydroxyl groups excluding tert-OH is 1. The number of phosphoric ester groups is 1. The Labute approximate surface area is 166 Å². The Balaban J connectivity index is 1.59. The summed E-state index contributed by atoms with van der Waals surface area (Å²) in [6, 6.07) is 11.6. The van der Waals surface area contributed by atoms with Crippen LogP contribution in [-0.2, 0) is 25.0 Å². The number of benzene rings is 1. The maximum atomic E-state index is 14.5. The standard InChI is InChI=1S/C18H20FN2O7P/c19-15-16(22)14(28-18(15)21-8-4-7-13(9-21)17(20)23)11-27-29(24,25)26-10-12-5-2-1-3-6-12/h1-9,14-16,18,22H,10-11H2,(H2-,20,23,24,25)/p+1/t14-,15+,16-,18-/m1/s1. The Morgan fingerprint density at radius 3 is 2.66 bits per heavy atom. The monoisotopic (exact) mass is 427 g/mol. The highest BCUT2D eigenvalue weighted by Crippen LogP contribution is 2.45. The maximum absolute atomic E-state index is 14.5. The molecule has 0 saturated carbocycles. The van der Waals surface area contributed by atoms with Crippen LogP contribution in [0.4, 0.5) is 4.39 Å². The maximum Gasteiger partial charge on any atom is 0.472 e. The molecule has 1 aliphatic rings. The lowest BCUT2D eigenvalue weighted by Crippen LogP contribution is -2.45. The molecule has 1 aromatic heterocycles. The molecule has 1 amide bonds. The lowest BCUT2D eigenvalue weighted by atomic mass is 10.1. The van der Waals surface area contributed by atoms with E-state index in [-0.39, 0.29) is 12.2 Å². The number of amides is 1. The fourth-order valence-electron chi connectivity index (χ4n) is 2.81. The van der Waals surface area contributed by atoms with Crippen molar-refractivity contribution in [2.24, 2.45) is 5.73 Å². The van der Waals surface area contributed by atoms with E-state index >= 15 is 0 Å². The van der Waals surface area contributed by atoms with Crippen molar-refractivity contribution in [1.82, 2.24) is 0 Å². The normalized spacial score (nSPS) is 26.2. The van der Waals surface area contributed by atoms with E-state index in [1.54, 1.807) is 30.3 Å². The minimum Gasteiger partial charge on any atom is -0.387 e. The van der Waals surface area contributed by atoms with Gasteiger partial charge in [-0.15, -0.1) is 0 Å². The summed E-state index contributed by atoms with van der Waals surface area (Å²) >= 11 is 0. The second kappa shape index (κ2) is 9.08. The molecule has 1 aliphatic heterocycles. The average Bonchev–Trinajstić information content (AvgIpc) is 3.00. The first-order valence-electron chi connectivity index (χ1n) is 8.71. The van der Waals surface area contributed by atoms with E-state index in [1.165, 1.54) is 29.1 Å². The fraction of sp³-hybridized carbons (Fsp3) is 0.333. The van der Waals surface area contributed by atoms with Gasteiger partial charge < -0.3 is 20.5 Å². The molecule has 9 nitrogen and oxygen atoms in total. The highest BCUT2D eigenvalue weighted by molar-refractivity contribution is 7.47. The number of phosphoric acid groups is 1. The molecule has 156 valence electrons. The van der Waals surface area contributed by atoms with Crippen LogP contribution in [0.1, 0.15) is 22.1 Å². The van der Waals surface area contributed by atoms with Gasteiger partial charge in [-0.25, -0.2) is 8.96 Å². The van der Waals surface area contributed by atoms with E-state index < -0.39 is 44.9 Å². The van der Waals surface area contributed by atoms with Crippen LogP contribution in [-0.4, -0.2) is 40.9 Å². The number of aliphatic hydroxyl groups is 1. The number of aromatic nitrogens is 1. The number of pyridine rings is 1. The van der Waals surface area contributed by atoms with E-state index in [0.29, 0.717) is 5.56 Å². The summed E-state index contributed by atoms with van der Waals surface area (Å²) in [5.74, 6) is -0.704. The topological polar surface area (TPSA) is 132 Å². The molecule has 2 heterocycles. The van der Waals surface area contributed by atoms with Crippen LogP contribution in [0.3, 0.4) is 0 Å². The van der Waals surface area contributed by atoms with Crippen LogP contribution < -0.4 is 10.3 Å². The molecule has 11 heteroatoms. The zero-order chi connectivity index (χ0) is 21.0. The summed E-state index contributed by atoms with van der Waals surface area (Å²) in [5.41, 5.74) is 6.00. The summed E-state index contributed by atoms with van der Waals surface area (Å²) < 4.78 is 43.0. The fourth-order valence-corrected chi connectivity index (χ4v) is 3.54. The van der Waals surface area contributed by atoms with Gasteiger partial charge >= 0.3 is 7.82 Å². The summed E-state index contributed by atoms with van der Waals surface area (Å²) in [6.45, 7) is -0.733. The van der Waals surface area contributed by atoms with Gasteiger partial charge in [0.1, 0.15) is 17.8 Å². The summed E-state index contributed by atoms with van der Waals surface area (Å²) in [5, 5.41) is 10.1. The molecule has 3 rings (SSSR count). The number of rotatable bonds is 8. The molecule has 5 atom stereocenters. The Morgan fingerprint density at radius 2 is 1.97 bits per heavy atom. The largest absolute Gasteiger partial charge is 0.472 e. The Kier molecular flexibility index (Phi) is 6.74. The van der Waals surface area contributed by atoms with Crippen LogP contribution in [0.5, 0.6) is 0 Å². The van der Waals surface area contributed by atoms with Crippen LogP contribution in [0.25, 0.3) is 0 Å². The van der Waals surface area contributed by atoms with Crippen molar-refractivity contribution in [2.45, 2.75) is 31.2 Å². The first-order valence-corrected chi connectivity index (χ1v) is 10.2. The number of primary amides is 1. The Bertz CT molecular complexity index is 901. The summed E-state index contributed by atoms with van der Waals surface area (Å²) in [4.78, 5) is 21.1. The average molecular weight is 427 g/mol. The molecule has 0 aliphatic carbocycles. The number of hydrogen-bond acceptors (Lipinski definition) is 6. The van der Waals surface area contributed by atoms with Gasteiger partial charge in [-0.2, -0.15) is 4.57 Å². The van der Waals surface area contributed by atoms with Gasteiger partial charge in [0.05, 0.1) is 13.2 Å². The molecule has 0 radical (unpaired) electrons. The molecule has 2 aromatic rings. The second-order valence-electron chi connectivity index (χ2n) is 6.43. The number of carbonyl (C=O) groups excluding carboxylic acids is 1. The van der Waals surface area contributed by atoms with Gasteiger partial charge in [-0.05, 0) is 11.6 Å². The van der Waals surface area contributed by atoms with Crippen molar-refractivity contribution >= 4 is 13.7 Å². The molecular weight excluding hydrogens is 406 g/mol. The van der Waals surface area contributed by atoms with E-state index in [0.717, 1.165) is 0 Å². The smallest absolute Gasteiger partial charge is 0.387 e. The Hall–Kier alpha value is -2.20. The van der Waals surface area contributed by atoms with Crippen LogP contribution in [0, 0.1) is 0 Å². The van der Waals surface area contributed by atoms with Crippen molar-refractivity contribution in [3.05, 3.63) is 66.0 Å². The van der Waals surface area contributed by atoms with Crippen molar-refractivity contribution in [3.8, 4) is 0 Å². The molecule has 1 aromatic carbocycles. The van der Waals surface area contributed by atoms with E-state index in [2.05, 4.69) is 0 Å². The molecule has 4 N–H and O–H groups in total. The number of nitrogens with zero attached hydrogens (tertiary/aromatic N) is 1. The number of alkyl halides is 1. The molecule has 1 fully saturated rings. The van der Waals surface area contributed by atoms with Gasteiger partial charge in [-0.3, -0.25) is 13.8 Å². The Morgan fingerprint density at radius 1 is 1.24 bits per heavy atom. The minimum absolute atomic E-state index is 0.131. The minimum atomic E-state index is -4.45. The third-order valence-corrected chi connectivity index (χ3v) is 5.26. The third-order valence-electron chi connectivity index (χ3n) is 4.33. The first-order chi connectivity index (χ1) is 13.8. The highest BCUT2D eigenvalue weighted by Gasteiger charge is 2.50. The van der Waals surface area contributed by atoms with Gasteiger partial charge in [0.15, 0.2) is 12.4 Å². The molecule has 0 bridgehead atoms. The lowest BCUT2D eigenvalue weighted by molar-refractivity contribution is -0.764. The predicted octanol–water partition coefficient (Wildman–Crippen LogP) is 1.00. The summed E-state index contributed by atoms with van der Waals surface area (Å²) in [7, 11) is -4.45. The molecular formula is C18H21FN2O7P+. The highest BCUT2D eigenvalue weighted by atomic mass is 31.2. The first kappa shape index (κ1) is 21.5. The van der Waals surface area contributed by atoms with Gasteiger partial charge in [0, 0.05) is 6.07 Å². The van der Waals surface area contributed by atoms with Crippen LogP contribution in [0.15, 0.2) is 54.9 Å².